The van der Waals surface area contributed by atoms with Gasteiger partial charge in [0.25, 0.3) is 5.91 Å². The first-order valence-corrected chi connectivity index (χ1v) is 10.2. The highest BCUT2D eigenvalue weighted by atomic mass is 32.1. The Bertz CT molecular complexity index is 1050. The maximum Gasteiger partial charge on any atom is 0.286 e. The van der Waals surface area contributed by atoms with Crippen LogP contribution in [0.5, 0.6) is 0 Å². The van der Waals surface area contributed by atoms with Crippen molar-refractivity contribution in [3.05, 3.63) is 70.0 Å². The van der Waals surface area contributed by atoms with Crippen LogP contribution in [0.3, 0.4) is 0 Å². The molecule has 1 saturated carbocycles. The van der Waals surface area contributed by atoms with Gasteiger partial charge in [0.15, 0.2) is 0 Å². The monoisotopic (exact) mass is 393 g/mol. The Labute approximate surface area is 166 Å². The number of rotatable bonds is 3. The summed E-state index contributed by atoms with van der Waals surface area (Å²) in [5.74, 6) is 1.55. The Morgan fingerprint density at radius 3 is 2.86 bits per heavy atom. The molecule has 2 aliphatic rings. The van der Waals surface area contributed by atoms with Crippen LogP contribution in [0.2, 0.25) is 0 Å². The molecule has 0 aromatic carbocycles. The van der Waals surface area contributed by atoms with Gasteiger partial charge < -0.3 is 8.83 Å². The van der Waals surface area contributed by atoms with E-state index in [9.17, 15) is 4.79 Å². The number of aryl methyl sites for hydroxylation is 1. The molecule has 1 aliphatic carbocycles. The molecule has 1 aliphatic heterocycles. The molecule has 0 saturated heterocycles. The van der Waals surface area contributed by atoms with Crippen molar-refractivity contribution >= 4 is 29.0 Å². The SMILES string of the molecule is Cc1ncsc1C(=O)N1N=C2/C(=C/c3ccco3)CCC[C@H]2[C@@H]1c1ccco1. The highest BCUT2D eigenvalue weighted by Crippen LogP contribution is 2.45. The van der Waals surface area contributed by atoms with E-state index in [-0.39, 0.29) is 17.9 Å². The Morgan fingerprint density at radius 2 is 2.14 bits per heavy atom. The molecular formula is C21H19N3O3S. The van der Waals surface area contributed by atoms with Crippen LogP contribution in [0.15, 0.2) is 61.8 Å². The number of nitrogens with zero attached hydrogens (tertiary/aromatic N) is 3. The van der Waals surface area contributed by atoms with Crippen molar-refractivity contribution in [1.82, 2.24) is 9.99 Å². The molecule has 1 fully saturated rings. The van der Waals surface area contributed by atoms with E-state index in [1.807, 2.05) is 37.3 Å². The Hall–Kier alpha value is -2.93. The molecule has 4 heterocycles. The number of thiazole rings is 1. The molecule has 0 unspecified atom stereocenters. The number of hydrogen-bond acceptors (Lipinski definition) is 6. The van der Waals surface area contributed by atoms with Crippen molar-refractivity contribution in [3.63, 3.8) is 0 Å². The highest BCUT2D eigenvalue weighted by Gasteiger charge is 2.45. The topological polar surface area (TPSA) is 71.8 Å². The van der Waals surface area contributed by atoms with Crippen molar-refractivity contribution in [2.45, 2.75) is 32.2 Å². The molecule has 0 spiro atoms. The minimum absolute atomic E-state index is 0.110. The van der Waals surface area contributed by atoms with Gasteiger partial charge in [-0.3, -0.25) is 4.79 Å². The highest BCUT2D eigenvalue weighted by molar-refractivity contribution is 7.11. The zero-order valence-corrected chi connectivity index (χ0v) is 16.2. The quantitative estimate of drug-likeness (QED) is 0.622. The average molecular weight is 393 g/mol. The van der Waals surface area contributed by atoms with Crippen molar-refractivity contribution < 1.29 is 13.6 Å². The van der Waals surface area contributed by atoms with Crippen LogP contribution < -0.4 is 0 Å². The second kappa shape index (κ2) is 6.91. The number of furan rings is 2. The summed E-state index contributed by atoms with van der Waals surface area (Å²) in [6.45, 7) is 1.85. The van der Waals surface area contributed by atoms with Crippen LogP contribution in [0.1, 0.15) is 52.2 Å². The van der Waals surface area contributed by atoms with Crippen LogP contribution in [-0.2, 0) is 0 Å². The summed E-state index contributed by atoms with van der Waals surface area (Å²) in [5.41, 5.74) is 4.51. The van der Waals surface area contributed by atoms with Gasteiger partial charge in [-0.25, -0.2) is 9.99 Å². The molecule has 1 amide bonds. The molecular weight excluding hydrogens is 374 g/mol. The smallest absolute Gasteiger partial charge is 0.286 e. The summed E-state index contributed by atoms with van der Waals surface area (Å²) in [5, 5.41) is 6.41. The fourth-order valence-corrected chi connectivity index (χ4v) is 4.80. The van der Waals surface area contributed by atoms with Crippen LogP contribution in [-0.4, -0.2) is 21.6 Å². The maximum atomic E-state index is 13.3. The number of amides is 1. The minimum Gasteiger partial charge on any atom is -0.467 e. The van der Waals surface area contributed by atoms with Gasteiger partial charge in [-0.15, -0.1) is 11.3 Å². The number of carbonyl (C=O) groups is 1. The minimum atomic E-state index is -0.237. The molecule has 0 radical (unpaired) electrons. The summed E-state index contributed by atoms with van der Waals surface area (Å²) in [6, 6.07) is 7.35. The van der Waals surface area contributed by atoms with Crippen LogP contribution >= 0.6 is 11.3 Å². The molecule has 0 N–H and O–H groups in total. The first-order valence-electron chi connectivity index (χ1n) is 9.32. The van der Waals surface area contributed by atoms with Crippen molar-refractivity contribution in [3.8, 4) is 0 Å². The van der Waals surface area contributed by atoms with Gasteiger partial charge in [0.05, 0.1) is 29.4 Å². The lowest BCUT2D eigenvalue weighted by Crippen LogP contribution is -2.31. The van der Waals surface area contributed by atoms with Gasteiger partial charge in [-0.1, -0.05) is 0 Å². The molecule has 3 aromatic heterocycles. The van der Waals surface area contributed by atoms with Crippen molar-refractivity contribution in [2.75, 3.05) is 0 Å². The van der Waals surface area contributed by atoms with Gasteiger partial charge in [0.2, 0.25) is 0 Å². The predicted octanol–water partition coefficient (Wildman–Crippen LogP) is 5.07. The lowest BCUT2D eigenvalue weighted by atomic mass is 9.79. The zero-order chi connectivity index (χ0) is 19.1. The van der Waals surface area contributed by atoms with Crippen LogP contribution in [0.4, 0.5) is 0 Å². The second-order valence-electron chi connectivity index (χ2n) is 7.05. The number of carbonyl (C=O) groups excluding carboxylic acids is 1. The number of hydrazone groups is 1. The first-order chi connectivity index (χ1) is 13.7. The first kappa shape index (κ1) is 17.2. The summed E-state index contributed by atoms with van der Waals surface area (Å²) in [7, 11) is 0. The van der Waals surface area contributed by atoms with E-state index in [1.165, 1.54) is 11.3 Å². The summed E-state index contributed by atoms with van der Waals surface area (Å²) < 4.78 is 11.2. The molecule has 142 valence electrons. The Balaban J connectivity index is 1.58. The van der Waals surface area contributed by atoms with E-state index >= 15 is 0 Å². The molecule has 3 aromatic rings. The largest absolute Gasteiger partial charge is 0.467 e. The van der Waals surface area contributed by atoms with Gasteiger partial charge in [-0.05, 0) is 62.1 Å². The molecule has 6 nitrogen and oxygen atoms in total. The third kappa shape index (κ3) is 2.82. The molecule has 0 bridgehead atoms. The Morgan fingerprint density at radius 1 is 1.29 bits per heavy atom. The van der Waals surface area contributed by atoms with Crippen LogP contribution in [0.25, 0.3) is 6.08 Å². The van der Waals surface area contributed by atoms with Crippen LogP contribution in [0, 0.1) is 12.8 Å². The van der Waals surface area contributed by atoms with Gasteiger partial charge in [0.1, 0.15) is 22.4 Å². The lowest BCUT2D eigenvalue weighted by Gasteiger charge is -2.27. The fraction of sp³-hybridized carbons (Fsp3) is 0.286. The third-order valence-electron chi connectivity index (χ3n) is 5.34. The number of allylic oxidation sites excluding steroid dienone is 1. The average Bonchev–Trinajstić information content (AvgIpc) is 3.48. The van der Waals surface area contributed by atoms with Gasteiger partial charge in [0, 0.05) is 5.92 Å². The number of aromatic nitrogens is 1. The second-order valence-corrected chi connectivity index (χ2v) is 7.90. The van der Waals surface area contributed by atoms with E-state index < -0.39 is 0 Å². The molecule has 28 heavy (non-hydrogen) atoms. The predicted molar refractivity (Wildman–Crippen MR) is 106 cm³/mol. The van der Waals surface area contributed by atoms with Gasteiger partial charge in [-0.2, -0.15) is 5.10 Å². The summed E-state index contributed by atoms with van der Waals surface area (Å²) in [6.07, 6.45) is 8.27. The summed E-state index contributed by atoms with van der Waals surface area (Å²) in [4.78, 5) is 18.2. The summed E-state index contributed by atoms with van der Waals surface area (Å²) >= 11 is 1.35. The van der Waals surface area contributed by atoms with Crippen molar-refractivity contribution in [2.24, 2.45) is 11.0 Å². The molecule has 5 rings (SSSR count). The fourth-order valence-electron chi connectivity index (χ4n) is 4.06. The number of fused-ring (bicyclic) bond motifs is 1. The standard InChI is InChI=1S/C21H19N3O3S/c1-13-20(28-12-22-13)21(25)24-19(17-8-4-10-27-17)16-7-2-5-14(18(16)23-24)11-15-6-3-9-26-15/h3-4,6,8-12,16,19H,2,5,7H2,1H3/b14-11+/t16-,19-/m1/s1. The number of hydrogen-bond donors (Lipinski definition) is 0. The van der Waals surface area contributed by atoms with Crippen molar-refractivity contribution in [1.29, 1.82) is 0 Å². The third-order valence-corrected chi connectivity index (χ3v) is 6.26. The zero-order valence-electron chi connectivity index (χ0n) is 15.4. The maximum absolute atomic E-state index is 13.3. The van der Waals surface area contributed by atoms with E-state index in [1.54, 1.807) is 23.0 Å². The Kier molecular flexibility index (Phi) is 4.24. The molecule has 2 atom stereocenters. The van der Waals surface area contributed by atoms with Gasteiger partial charge >= 0.3 is 0 Å². The van der Waals surface area contributed by atoms with E-state index in [4.69, 9.17) is 13.9 Å². The lowest BCUT2D eigenvalue weighted by molar-refractivity contribution is 0.0660. The van der Waals surface area contributed by atoms with E-state index in [2.05, 4.69) is 4.98 Å². The van der Waals surface area contributed by atoms with E-state index in [0.717, 1.165) is 47.8 Å². The van der Waals surface area contributed by atoms with E-state index in [0.29, 0.717) is 4.88 Å². The normalized spacial score (nSPS) is 23.1. The molecule has 7 heteroatoms.